The van der Waals surface area contributed by atoms with E-state index in [1.807, 2.05) is 20.8 Å². The van der Waals surface area contributed by atoms with Crippen molar-refractivity contribution in [1.29, 1.82) is 0 Å². The van der Waals surface area contributed by atoms with Crippen molar-refractivity contribution in [2.24, 2.45) is 0 Å². The van der Waals surface area contributed by atoms with Gasteiger partial charge in [-0.3, -0.25) is 9.59 Å². The Morgan fingerprint density at radius 2 is 1.81 bits per heavy atom. The number of aromatic nitrogens is 3. The summed E-state index contributed by atoms with van der Waals surface area (Å²) in [6, 6.07) is 11.2. The van der Waals surface area contributed by atoms with Gasteiger partial charge in [-0.2, -0.15) is 0 Å². The molecule has 0 atom stereocenters. The summed E-state index contributed by atoms with van der Waals surface area (Å²) in [6.07, 6.45) is -0.0732. The van der Waals surface area contributed by atoms with E-state index in [0.29, 0.717) is 21.7 Å². The molecule has 0 aliphatic heterocycles. The summed E-state index contributed by atoms with van der Waals surface area (Å²) in [5.74, 6) is -0.557. The Balaban J connectivity index is 1.64. The first-order valence-electron chi connectivity index (χ1n) is 9.91. The number of nitrogens with zero attached hydrogens (tertiary/aromatic N) is 3. The molecule has 0 aliphatic rings. The maximum absolute atomic E-state index is 13.8. The number of para-hydroxylation sites is 1. The van der Waals surface area contributed by atoms with E-state index in [1.165, 1.54) is 23.9 Å². The predicted molar refractivity (Wildman–Crippen MR) is 125 cm³/mol. The first-order chi connectivity index (χ1) is 15.2. The summed E-state index contributed by atoms with van der Waals surface area (Å²) in [5.41, 5.74) is 1.66. The second-order valence-electron chi connectivity index (χ2n) is 7.36. The van der Waals surface area contributed by atoms with E-state index < -0.39 is 11.7 Å². The average Bonchev–Trinajstić information content (AvgIpc) is 3.13. The monoisotopic (exact) mass is 475 g/mol. The van der Waals surface area contributed by atoms with Crippen molar-refractivity contribution in [1.82, 2.24) is 14.8 Å². The van der Waals surface area contributed by atoms with Gasteiger partial charge in [0.25, 0.3) is 0 Å². The van der Waals surface area contributed by atoms with Crippen LogP contribution in [0, 0.1) is 12.7 Å². The lowest BCUT2D eigenvalue weighted by molar-refractivity contribution is -0.116. The number of rotatable bonds is 8. The fraction of sp³-hybridized carbons (Fsp3) is 0.273. The van der Waals surface area contributed by atoms with Gasteiger partial charge in [-0.05, 0) is 56.7 Å². The van der Waals surface area contributed by atoms with Crippen LogP contribution >= 0.6 is 23.4 Å². The van der Waals surface area contributed by atoms with Gasteiger partial charge in [0.1, 0.15) is 11.6 Å². The molecule has 0 fully saturated rings. The number of carbonyl (C=O) groups is 2. The van der Waals surface area contributed by atoms with Crippen molar-refractivity contribution in [3.05, 3.63) is 64.7 Å². The normalized spacial score (nSPS) is 10.9. The van der Waals surface area contributed by atoms with Crippen LogP contribution in [0.1, 0.15) is 31.3 Å². The molecule has 0 bridgehead atoms. The van der Waals surface area contributed by atoms with E-state index in [-0.39, 0.29) is 29.8 Å². The van der Waals surface area contributed by atoms with Crippen LogP contribution in [0.25, 0.3) is 0 Å². The average molecular weight is 476 g/mol. The van der Waals surface area contributed by atoms with E-state index in [4.69, 9.17) is 11.6 Å². The van der Waals surface area contributed by atoms with Crippen LogP contribution in [0.4, 0.5) is 15.8 Å². The maximum Gasteiger partial charge on any atom is 0.234 e. The minimum atomic E-state index is -0.510. The van der Waals surface area contributed by atoms with E-state index in [9.17, 15) is 14.0 Å². The number of hydrogen-bond acceptors (Lipinski definition) is 5. The lowest BCUT2D eigenvalue weighted by Gasteiger charge is -2.14. The topological polar surface area (TPSA) is 88.9 Å². The predicted octanol–water partition coefficient (Wildman–Crippen LogP) is 4.87. The largest absolute Gasteiger partial charge is 0.325 e. The number of carbonyl (C=O) groups excluding carboxylic acids is 2. The number of halogens is 2. The molecule has 2 amide bonds. The quantitative estimate of drug-likeness (QED) is 0.453. The van der Waals surface area contributed by atoms with Crippen LogP contribution in [-0.2, 0) is 16.0 Å². The van der Waals surface area contributed by atoms with Crippen LogP contribution in [0.2, 0.25) is 5.02 Å². The van der Waals surface area contributed by atoms with E-state index in [0.717, 1.165) is 5.56 Å². The van der Waals surface area contributed by atoms with Crippen molar-refractivity contribution >= 4 is 46.6 Å². The minimum Gasteiger partial charge on any atom is -0.325 e. The highest BCUT2D eigenvalue weighted by Gasteiger charge is 2.19. The number of amides is 2. The summed E-state index contributed by atoms with van der Waals surface area (Å²) in [4.78, 5) is 24.8. The highest BCUT2D eigenvalue weighted by atomic mass is 35.5. The third kappa shape index (κ3) is 6.08. The molecule has 1 aromatic heterocycles. The molecule has 1 heterocycles. The molecular formula is C22H23ClFN5O2S. The Kier molecular flexibility index (Phi) is 7.87. The molecule has 0 unspecified atom stereocenters. The van der Waals surface area contributed by atoms with Gasteiger partial charge in [-0.1, -0.05) is 35.5 Å². The Labute approximate surface area is 194 Å². The molecular weight excluding hydrogens is 453 g/mol. The molecule has 0 saturated heterocycles. The molecule has 168 valence electrons. The second-order valence-corrected chi connectivity index (χ2v) is 8.74. The molecule has 2 aromatic carbocycles. The number of hydrogen-bond donors (Lipinski definition) is 2. The van der Waals surface area contributed by atoms with Crippen molar-refractivity contribution in [2.75, 3.05) is 16.4 Å². The third-order valence-corrected chi connectivity index (χ3v) is 5.69. The Morgan fingerprint density at radius 1 is 1.09 bits per heavy atom. The molecule has 3 aromatic rings. The van der Waals surface area contributed by atoms with Gasteiger partial charge >= 0.3 is 0 Å². The highest BCUT2D eigenvalue weighted by molar-refractivity contribution is 7.99. The van der Waals surface area contributed by atoms with Gasteiger partial charge in [-0.15, -0.1) is 10.2 Å². The number of aryl methyl sites for hydroxylation is 1. The molecule has 7 nitrogen and oxygen atoms in total. The van der Waals surface area contributed by atoms with Gasteiger partial charge in [0.2, 0.25) is 11.8 Å². The Morgan fingerprint density at radius 3 is 2.50 bits per heavy atom. The van der Waals surface area contributed by atoms with Gasteiger partial charge in [0.15, 0.2) is 5.16 Å². The van der Waals surface area contributed by atoms with Crippen molar-refractivity contribution in [3.63, 3.8) is 0 Å². The fourth-order valence-corrected chi connectivity index (χ4v) is 4.14. The van der Waals surface area contributed by atoms with Crippen LogP contribution < -0.4 is 10.6 Å². The second kappa shape index (κ2) is 10.6. The van der Waals surface area contributed by atoms with Gasteiger partial charge < -0.3 is 15.2 Å². The lowest BCUT2D eigenvalue weighted by atomic mass is 10.2. The molecule has 0 aliphatic carbocycles. The number of anilines is 2. The molecule has 2 N–H and O–H groups in total. The van der Waals surface area contributed by atoms with Gasteiger partial charge in [0, 0.05) is 16.8 Å². The van der Waals surface area contributed by atoms with Crippen molar-refractivity contribution < 1.29 is 14.0 Å². The number of thioether (sulfide) groups is 1. The molecule has 0 saturated carbocycles. The summed E-state index contributed by atoms with van der Waals surface area (Å²) < 4.78 is 15.6. The molecule has 0 spiro atoms. The van der Waals surface area contributed by atoms with E-state index >= 15 is 0 Å². The minimum absolute atomic E-state index is 0.0367. The maximum atomic E-state index is 13.8. The molecule has 32 heavy (non-hydrogen) atoms. The number of nitrogens with one attached hydrogen (secondary N) is 2. The summed E-state index contributed by atoms with van der Waals surface area (Å²) in [7, 11) is 0. The zero-order chi connectivity index (χ0) is 23.3. The molecule has 10 heteroatoms. The lowest BCUT2D eigenvalue weighted by Crippen LogP contribution is -2.19. The van der Waals surface area contributed by atoms with Crippen molar-refractivity contribution in [2.45, 2.75) is 38.4 Å². The first kappa shape index (κ1) is 23.7. The van der Waals surface area contributed by atoms with E-state index in [2.05, 4.69) is 20.8 Å². The highest BCUT2D eigenvalue weighted by Crippen LogP contribution is 2.24. The summed E-state index contributed by atoms with van der Waals surface area (Å²) in [5, 5.41) is 14.8. The zero-order valence-corrected chi connectivity index (χ0v) is 19.4. The van der Waals surface area contributed by atoms with Crippen molar-refractivity contribution in [3.8, 4) is 0 Å². The zero-order valence-electron chi connectivity index (χ0n) is 17.9. The number of benzene rings is 2. The van der Waals surface area contributed by atoms with Crippen LogP contribution in [0.5, 0.6) is 0 Å². The Bertz CT molecular complexity index is 1140. The van der Waals surface area contributed by atoms with Gasteiger partial charge in [0.05, 0.1) is 17.9 Å². The standard InChI is InChI=1S/C22H23ClFN5O2S/c1-13(2)29-19(11-20(30)26-18-7-5-4-6-16(18)24)27-28-22(29)32-12-21(31)25-17-9-8-15(23)10-14(17)3/h4-10,13H,11-12H2,1-3H3,(H,25,31)(H,26,30). The summed E-state index contributed by atoms with van der Waals surface area (Å²) >= 11 is 7.18. The first-order valence-corrected chi connectivity index (χ1v) is 11.3. The smallest absolute Gasteiger partial charge is 0.234 e. The van der Waals surface area contributed by atoms with Gasteiger partial charge in [-0.25, -0.2) is 4.39 Å². The Hall–Kier alpha value is -2.91. The van der Waals surface area contributed by atoms with Crippen LogP contribution in [0.15, 0.2) is 47.6 Å². The molecule has 3 rings (SSSR count). The summed E-state index contributed by atoms with van der Waals surface area (Å²) in [6.45, 7) is 5.73. The van der Waals surface area contributed by atoms with E-state index in [1.54, 1.807) is 34.9 Å². The van der Waals surface area contributed by atoms with Crippen LogP contribution in [-0.4, -0.2) is 32.3 Å². The molecule has 0 radical (unpaired) electrons. The van der Waals surface area contributed by atoms with Crippen LogP contribution in [0.3, 0.4) is 0 Å². The fourth-order valence-electron chi connectivity index (χ4n) is 3.03. The third-order valence-electron chi connectivity index (χ3n) is 4.51. The SMILES string of the molecule is Cc1cc(Cl)ccc1NC(=O)CSc1nnc(CC(=O)Nc2ccccc2F)n1C(C)C.